The Bertz CT molecular complexity index is 682. The molecule has 0 aliphatic heterocycles. The number of hydrogen-bond acceptors (Lipinski definition) is 3. The van der Waals surface area contributed by atoms with Gasteiger partial charge in [-0.15, -0.1) is 0 Å². The predicted octanol–water partition coefficient (Wildman–Crippen LogP) is 8.09. The second kappa shape index (κ2) is 20.6. The summed E-state index contributed by atoms with van der Waals surface area (Å²) in [6, 6.07) is 5.24. The van der Waals surface area contributed by atoms with Crippen LogP contribution in [0.5, 0.6) is 0 Å². The van der Waals surface area contributed by atoms with Crippen LogP contribution in [0.15, 0.2) is 18.2 Å². The van der Waals surface area contributed by atoms with Crippen LogP contribution in [-0.2, 0) is 9.59 Å². The quantitative estimate of drug-likeness (QED) is 0.151. The number of anilines is 2. The summed E-state index contributed by atoms with van der Waals surface area (Å²) in [7, 11) is 0. The number of benzene rings is 1. The second-order valence-corrected chi connectivity index (χ2v) is 9.70. The Balaban J connectivity index is 2.02. The lowest BCUT2D eigenvalue weighted by Gasteiger charge is -2.12. The lowest BCUT2D eigenvalue weighted by atomic mass is 10.0. The molecule has 0 atom stereocenters. The highest BCUT2D eigenvalue weighted by Gasteiger charge is 2.07. The zero-order valence-corrected chi connectivity index (χ0v) is 22.4. The largest absolute Gasteiger partial charge is 0.375 e. The van der Waals surface area contributed by atoms with Crippen LogP contribution in [0.4, 0.5) is 11.4 Å². The summed E-state index contributed by atoms with van der Waals surface area (Å²) in [5.74, 6) is -0.0761. The zero-order valence-electron chi connectivity index (χ0n) is 21.7. The van der Waals surface area contributed by atoms with Gasteiger partial charge < -0.3 is 16.0 Å². The van der Waals surface area contributed by atoms with Gasteiger partial charge >= 0.3 is 0 Å². The molecule has 0 unspecified atom stereocenters. The molecule has 2 amide bonds. The minimum atomic E-state index is -0.0498. The van der Waals surface area contributed by atoms with Crippen molar-refractivity contribution >= 4 is 34.8 Å². The molecule has 0 heterocycles. The Morgan fingerprint density at radius 1 is 0.735 bits per heavy atom. The average Bonchev–Trinajstić information content (AvgIpc) is 2.82. The molecule has 194 valence electrons. The normalized spacial score (nSPS) is 10.8. The molecule has 5 nitrogen and oxygen atoms in total. The maximum absolute atomic E-state index is 12.1. The van der Waals surface area contributed by atoms with E-state index in [1.165, 1.54) is 77.0 Å². The van der Waals surface area contributed by atoms with Gasteiger partial charge in [0.05, 0.1) is 17.3 Å². The van der Waals surface area contributed by atoms with E-state index in [2.05, 4.69) is 22.9 Å². The van der Waals surface area contributed by atoms with Crippen LogP contribution in [0.25, 0.3) is 0 Å². The van der Waals surface area contributed by atoms with Crippen molar-refractivity contribution in [2.45, 2.75) is 117 Å². The maximum Gasteiger partial charge on any atom is 0.239 e. The van der Waals surface area contributed by atoms with Crippen LogP contribution < -0.4 is 16.0 Å². The van der Waals surface area contributed by atoms with Gasteiger partial charge in [-0.05, 0) is 31.0 Å². The van der Waals surface area contributed by atoms with Gasteiger partial charge in [0, 0.05) is 18.7 Å². The van der Waals surface area contributed by atoms with E-state index in [1.807, 2.05) is 6.92 Å². The Kier molecular flexibility index (Phi) is 18.4. The van der Waals surface area contributed by atoms with Gasteiger partial charge in [-0.2, -0.15) is 0 Å². The maximum atomic E-state index is 12.1. The van der Waals surface area contributed by atoms with E-state index in [1.54, 1.807) is 18.2 Å². The molecule has 0 spiro atoms. The average molecular weight is 494 g/mol. The van der Waals surface area contributed by atoms with E-state index in [-0.39, 0.29) is 18.4 Å². The third kappa shape index (κ3) is 16.0. The number of amides is 2. The van der Waals surface area contributed by atoms with Gasteiger partial charge in [0.25, 0.3) is 0 Å². The van der Waals surface area contributed by atoms with Crippen LogP contribution in [0.2, 0.25) is 5.02 Å². The molecule has 1 aromatic rings. The van der Waals surface area contributed by atoms with Crippen molar-refractivity contribution in [2.75, 3.05) is 23.7 Å². The molecule has 0 radical (unpaired) electrons. The molecule has 0 bridgehead atoms. The van der Waals surface area contributed by atoms with Crippen LogP contribution in [-0.4, -0.2) is 24.9 Å². The van der Waals surface area contributed by atoms with Gasteiger partial charge in [-0.1, -0.05) is 109 Å². The zero-order chi connectivity index (χ0) is 24.9. The highest BCUT2D eigenvalue weighted by molar-refractivity contribution is 6.33. The second-order valence-electron chi connectivity index (χ2n) is 9.29. The van der Waals surface area contributed by atoms with Crippen molar-refractivity contribution < 1.29 is 9.59 Å². The van der Waals surface area contributed by atoms with Crippen LogP contribution in [0.1, 0.15) is 117 Å². The first-order valence-corrected chi connectivity index (χ1v) is 14.0. The van der Waals surface area contributed by atoms with E-state index < -0.39 is 0 Å². The van der Waals surface area contributed by atoms with Crippen LogP contribution in [0, 0.1) is 0 Å². The summed E-state index contributed by atoms with van der Waals surface area (Å²) < 4.78 is 0. The molecule has 3 N–H and O–H groups in total. The van der Waals surface area contributed by atoms with Gasteiger partial charge in [-0.3, -0.25) is 9.59 Å². The number of carbonyl (C=O) groups excluding carboxylic acids is 2. The summed E-state index contributed by atoms with van der Waals surface area (Å²) >= 11 is 6.22. The molecule has 0 saturated carbocycles. The van der Waals surface area contributed by atoms with E-state index in [0.29, 0.717) is 29.4 Å². The number of unbranched alkanes of at least 4 members (excludes halogenated alkanes) is 13. The number of hydrogen-bond donors (Lipinski definition) is 3. The molecule has 0 aliphatic rings. The summed E-state index contributed by atoms with van der Waals surface area (Å²) in [5.41, 5.74) is 1.32. The lowest BCUT2D eigenvalue weighted by molar-refractivity contribution is -0.119. The molecule has 0 aromatic heterocycles. The Labute approximate surface area is 213 Å². The summed E-state index contributed by atoms with van der Waals surface area (Å²) in [6.45, 7) is 5.10. The third-order valence-electron chi connectivity index (χ3n) is 6.02. The van der Waals surface area contributed by atoms with Crippen molar-refractivity contribution in [3.63, 3.8) is 0 Å². The molecular weight excluding hydrogens is 446 g/mol. The Morgan fingerprint density at radius 3 is 1.85 bits per heavy atom. The van der Waals surface area contributed by atoms with Crippen LogP contribution in [0.3, 0.4) is 0 Å². The standard InChI is InChI=1S/C28H48ClN3O2/c1-3-5-6-7-8-9-10-11-12-13-14-15-16-17-21-30-28(34)23-31-26-22-24(19-20-25(26)29)32-27(33)18-4-2/h19-20,22,31H,3-18,21,23H2,1-2H3,(H,30,34)(H,32,33). The molecule has 34 heavy (non-hydrogen) atoms. The summed E-state index contributed by atoms with van der Waals surface area (Å²) in [4.78, 5) is 23.9. The van der Waals surface area contributed by atoms with Crippen molar-refractivity contribution in [1.29, 1.82) is 0 Å². The Hall–Kier alpha value is -1.75. The van der Waals surface area contributed by atoms with E-state index in [0.717, 1.165) is 19.3 Å². The molecule has 1 rings (SSSR count). The van der Waals surface area contributed by atoms with Crippen molar-refractivity contribution in [1.82, 2.24) is 5.32 Å². The molecule has 0 saturated heterocycles. The van der Waals surface area contributed by atoms with Gasteiger partial charge in [0.1, 0.15) is 0 Å². The van der Waals surface area contributed by atoms with E-state index in [4.69, 9.17) is 11.6 Å². The van der Waals surface area contributed by atoms with E-state index >= 15 is 0 Å². The summed E-state index contributed by atoms with van der Waals surface area (Å²) in [5, 5.41) is 9.40. The molecule has 6 heteroatoms. The topological polar surface area (TPSA) is 70.2 Å². The van der Waals surface area contributed by atoms with Crippen molar-refractivity contribution in [2.24, 2.45) is 0 Å². The predicted molar refractivity (Wildman–Crippen MR) is 147 cm³/mol. The minimum absolute atomic E-state index is 0.0262. The Morgan fingerprint density at radius 2 is 1.29 bits per heavy atom. The first-order valence-electron chi connectivity index (χ1n) is 13.7. The molecule has 0 fully saturated rings. The first-order chi connectivity index (χ1) is 16.6. The van der Waals surface area contributed by atoms with Crippen LogP contribution >= 0.6 is 11.6 Å². The SMILES string of the molecule is CCCCCCCCCCCCCCCCNC(=O)CNc1cc(NC(=O)CCC)ccc1Cl. The number of nitrogens with one attached hydrogen (secondary N) is 3. The van der Waals surface area contributed by atoms with Gasteiger partial charge in [0.15, 0.2) is 0 Å². The monoisotopic (exact) mass is 493 g/mol. The first kappa shape index (κ1) is 30.3. The highest BCUT2D eigenvalue weighted by atomic mass is 35.5. The van der Waals surface area contributed by atoms with Gasteiger partial charge in [-0.25, -0.2) is 0 Å². The van der Waals surface area contributed by atoms with Crippen molar-refractivity contribution in [3.05, 3.63) is 23.2 Å². The van der Waals surface area contributed by atoms with E-state index in [9.17, 15) is 9.59 Å². The molecule has 1 aromatic carbocycles. The fourth-order valence-electron chi connectivity index (χ4n) is 3.97. The third-order valence-corrected chi connectivity index (χ3v) is 6.35. The summed E-state index contributed by atoms with van der Waals surface area (Å²) in [6.07, 6.45) is 19.9. The van der Waals surface area contributed by atoms with Gasteiger partial charge in [0.2, 0.25) is 11.8 Å². The smallest absolute Gasteiger partial charge is 0.239 e. The number of halogens is 1. The fourth-order valence-corrected chi connectivity index (χ4v) is 4.16. The number of carbonyl (C=O) groups is 2. The molecule has 0 aliphatic carbocycles. The lowest BCUT2D eigenvalue weighted by Crippen LogP contribution is -2.30. The highest BCUT2D eigenvalue weighted by Crippen LogP contribution is 2.25. The molecular formula is C28H48ClN3O2. The number of rotatable bonds is 21. The minimum Gasteiger partial charge on any atom is -0.375 e. The van der Waals surface area contributed by atoms with Crippen molar-refractivity contribution in [3.8, 4) is 0 Å². The fraction of sp³-hybridized carbons (Fsp3) is 0.714.